The van der Waals surface area contributed by atoms with Gasteiger partial charge in [0, 0.05) is 38.3 Å². The molecule has 1 aliphatic heterocycles. The summed E-state index contributed by atoms with van der Waals surface area (Å²) in [5.41, 5.74) is 5.81. The normalized spacial score (nSPS) is 16.0. The molecule has 0 spiro atoms. The van der Waals surface area contributed by atoms with E-state index in [1.54, 1.807) is 4.90 Å². The monoisotopic (exact) mass is 289 g/mol. The molecule has 1 heterocycles. The first-order valence-corrected chi connectivity index (χ1v) is 7.29. The Morgan fingerprint density at radius 3 is 2.10 bits per heavy atom. The summed E-state index contributed by atoms with van der Waals surface area (Å²) in [6.07, 6.45) is 0. The predicted octanol–water partition coefficient (Wildman–Crippen LogP) is 0.956. The molecule has 0 unspecified atom stereocenters. The number of nitrogens with two attached hydrogens (primary N) is 1. The molecule has 1 aromatic rings. The van der Waals surface area contributed by atoms with E-state index in [1.807, 2.05) is 49.1 Å². The van der Waals surface area contributed by atoms with Gasteiger partial charge in [0.05, 0.1) is 5.41 Å². The van der Waals surface area contributed by atoms with Crippen LogP contribution in [0, 0.1) is 5.41 Å². The first-order valence-electron chi connectivity index (χ1n) is 7.29. The van der Waals surface area contributed by atoms with Crippen molar-refractivity contribution in [2.45, 2.75) is 13.8 Å². The van der Waals surface area contributed by atoms with Crippen LogP contribution in [0.4, 0.5) is 0 Å². The van der Waals surface area contributed by atoms with E-state index in [2.05, 4.69) is 0 Å². The maximum atomic E-state index is 12.3. The third kappa shape index (κ3) is 3.42. The van der Waals surface area contributed by atoms with E-state index in [-0.39, 0.29) is 11.8 Å². The Kier molecular flexibility index (Phi) is 4.63. The van der Waals surface area contributed by atoms with Crippen LogP contribution in [0.1, 0.15) is 24.2 Å². The van der Waals surface area contributed by atoms with Crippen LogP contribution >= 0.6 is 0 Å². The number of hydrogen-bond donors (Lipinski definition) is 1. The van der Waals surface area contributed by atoms with E-state index in [1.165, 1.54) is 0 Å². The van der Waals surface area contributed by atoms with Crippen molar-refractivity contribution < 1.29 is 9.59 Å². The molecular weight excluding hydrogens is 266 g/mol. The Bertz CT molecular complexity index is 506. The minimum atomic E-state index is -0.536. The van der Waals surface area contributed by atoms with Gasteiger partial charge in [0.1, 0.15) is 0 Å². The van der Waals surface area contributed by atoms with Crippen LogP contribution in [0.2, 0.25) is 0 Å². The van der Waals surface area contributed by atoms with Crippen LogP contribution in [-0.4, -0.2) is 54.3 Å². The first-order chi connectivity index (χ1) is 9.95. The standard InChI is InChI=1S/C16H23N3O2/c1-16(2,12-17)15(21)19-10-8-18(9-11-19)14(20)13-6-4-3-5-7-13/h3-7H,8-12,17H2,1-2H3. The highest BCUT2D eigenvalue weighted by atomic mass is 16.2. The number of carbonyl (C=O) groups is 2. The van der Waals surface area contributed by atoms with Crippen LogP contribution in [0.3, 0.4) is 0 Å². The molecule has 1 aliphatic rings. The largest absolute Gasteiger partial charge is 0.339 e. The fourth-order valence-corrected chi connectivity index (χ4v) is 2.39. The number of benzene rings is 1. The summed E-state index contributed by atoms with van der Waals surface area (Å²) in [7, 11) is 0. The van der Waals surface area contributed by atoms with Gasteiger partial charge in [-0.1, -0.05) is 18.2 Å². The fourth-order valence-electron chi connectivity index (χ4n) is 2.39. The van der Waals surface area contributed by atoms with Crippen molar-refractivity contribution in [2.24, 2.45) is 11.1 Å². The lowest BCUT2D eigenvalue weighted by Crippen LogP contribution is -2.54. The maximum Gasteiger partial charge on any atom is 0.253 e. The third-order valence-corrected chi connectivity index (χ3v) is 3.96. The molecule has 1 fully saturated rings. The number of amides is 2. The van der Waals surface area contributed by atoms with Gasteiger partial charge in [-0.05, 0) is 26.0 Å². The average molecular weight is 289 g/mol. The van der Waals surface area contributed by atoms with Crippen molar-refractivity contribution in [1.29, 1.82) is 0 Å². The van der Waals surface area contributed by atoms with Crippen molar-refractivity contribution in [2.75, 3.05) is 32.7 Å². The molecule has 1 aromatic carbocycles. The number of piperazine rings is 1. The van der Waals surface area contributed by atoms with Crippen molar-refractivity contribution in [3.63, 3.8) is 0 Å². The van der Waals surface area contributed by atoms with E-state index in [4.69, 9.17) is 5.73 Å². The van der Waals surface area contributed by atoms with Gasteiger partial charge < -0.3 is 15.5 Å². The molecule has 0 radical (unpaired) electrons. The summed E-state index contributed by atoms with van der Waals surface area (Å²) in [5.74, 6) is 0.0950. The van der Waals surface area contributed by atoms with Crippen molar-refractivity contribution in [3.8, 4) is 0 Å². The zero-order chi connectivity index (χ0) is 15.5. The Balaban J connectivity index is 1.95. The van der Waals surface area contributed by atoms with Crippen molar-refractivity contribution in [3.05, 3.63) is 35.9 Å². The Morgan fingerprint density at radius 1 is 1.05 bits per heavy atom. The molecule has 2 rings (SSSR count). The van der Waals surface area contributed by atoms with Gasteiger partial charge in [-0.2, -0.15) is 0 Å². The van der Waals surface area contributed by atoms with Crippen LogP contribution < -0.4 is 5.73 Å². The topological polar surface area (TPSA) is 66.6 Å². The predicted molar refractivity (Wildman–Crippen MR) is 81.8 cm³/mol. The zero-order valence-corrected chi connectivity index (χ0v) is 12.7. The van der Waals surface area contributed by atoms with Gasteiger partial charge >= 0.3 is 0 Å². The Hall–Kier alpha value is -1.88. The lowest BCUT2D eigenvalue weighted by Gasteiger charge is -2.38. The highest BCUT2D eigenvalue weighted by Crippen LogP contribution is 2.19. The second-order valence-electron chi connectivity index (χ2n) is 6.04. The minimum absolute atomic E-state index is 0.0285. The fraction of sp³-hybridized carbons (Fsp3) is 0.500. The van der Waals surface area contributed by atoms with Gasteiger partial charge in [0.2, 0.25) is 5.91 Å². The van der Waals surface area contributed by atoms with E-state index >= 15 is 0 Å². The molecule has 21 heavy (non-hydrogen) atoms. The summed E-state index contributed by atoms with van der Waals surface area (Å²) in [5, 5.41) is 0. The van der Waals surface area contributed by atoms with E-state index in [0.29, 0.717) is 38.3 Å². The molecule has 5 nitrogen and oxygen atoms in total. The SMILES string of the molecule is CC(C)(CN)C(=O)N1CCN(C(=O)c2ccccc2)CC1. The lowest BCUT2D eigenvalue weighted by atomic mass is 9.91. The molecule has 0 saturated carbocycles. The highest BCUT2D eigenvalue weighted by Gasteiger charge is 2.33. The van der Waals surface area contributed by atoms with Gasteiger partial charge in [-0.15, -0.1) is 0 Å². The van der Waals surface area contributed by atoms with Gasteiger partial charge in [-0.25, -0.2) is 0 Å². The van der Waals surface area contributed by atoms with E-state index < -0.39 is 5.41 Å². The molecular formula is C16H23N3O2. The quantitative estimate of drug-likeness (QED) is 0.901. The zero-order valence-electron chi connectivity index (χ0n) is 12.7. The molecule has 1 saturated heterocycles. The van der Waals surface area contributed by atoms with E-state index in [9.17, 15) is 9.59 Å². The summed E-state index contributed by atoms with van der Waals surface area (Å²) in [4.78, 5) is 28.3. The summed E-state index contributed by atoms with van der Waals surface area (Å²) in [6, 6.07) is 9.24. The smallest absolute Gasteiger partial charge is 0.253 e. The van der Waals surface area contributed by atoms with Crippen molar-refractivity contribution >= 4 is 11.8 Å². The lowest BCUT2D eigenvalue weighted by molar-refractivity contribution is -0.141. The molecule has 2 amide bonds. The number of hydrogen-bond acceptors (Lipinski definition) is 3. The second kappa shape index (κ2) is 6.26. The third-order valence-electron chi connectivity index (χ3n) is 3.96. The maximum absolute atomic E-state index is 12.3. The molecule has 114 valence electrons. The average Bonchev–Trinajstić information content (AvgIpc) is 2.54. The molecule has 5 heteroatoms. The number of carbonyl (C=O) groups excluding carboxylic acids is 2. The summed E-state index contributed by atoms with van der Waals surface area (Å²) < 4.78 is 0. The molecule has 0 aliphatic carbocycles. The molecule has 0 aromatic heterocycles. The van der Waals surface area contributed by atoms with Gasteiger partial charge in [-0.3, -0.25) is 9.59 Å². The minimum Gasteiger partial charge on any atom is -0.339 e. The molecule has 0 atom stereocenters. The van der Waals surface area contributed by atoms with Crippen LogP contribution in [0.15, 0.2) is 30.3 Å². The van der Waals surface area contributed by atoms with Crippen molar-refractivity contribution in [1.82, 2.24) is 9.80 Å². The summed E-state index contributed by atoms with van der Waals surface area (Å²) in [6.45, 7) is 6.32. The van der Waals surface area contributed by atoms with Gasteiger partial charge in [0.25, 0.3) is 5.91 Å². The van der Waals surface area contributed by atoms with E-state index in [0.717, 1.165) is 0 Å². The second-order valence-corrected chi connectivity index (χ2v) is 6.04. The Labute approximate surface area is 125 Å². The highest BCUT2D eigenvalue weighted by molar-refractivity contribution is 5.94. The molecule has 2 N–H and O–H groups in total. The van der Waals surface area contributed by atoms with Crippen LogP contribution in [-0.2, 0) is 4.79 Å². The van der Waals surface area contributed by atoms with Gasteiger partial charge in [0.15, 0.2) is 0 Å². The summed E-state index contributed by atoms with van der Waals surface area (Å²) >= 11 is 0. The number of nitrogens with zero attached hydrogens (tertiary/aromatic N) is 2. The first kappa shape index (κ1) is 15.5. The van der Waals surface area contributed by atoms with Crippen LogP contribution in [0.5, 0.6) is 0 Å². The molecule has 0 bridgehead atoms. The number of rotatable bonds is 3. The Morgan fingerprint density at radius 2 is 1.57 bits per heavy atom. The van der Waals surface area contributed by atoms with Crippen LogP contribution in [0.25, 0.3) is 0 Å².